The van der Waals surface area contributed by atoms with Gasteiger partial charge in [-0.3, -0.25) is 4.90 Å². The van der Waals surface area contributed by atoms with E-state index in [1.165, 1.54) is 0 Å². The van der Waals surface area contributed by atoms with Crippen LogP contribution < -0.4 is 0 Å². The summed E-state index contributed by atoms with van der Waals surface area (Å²) in [5, 5.41) is 8.79. The summed E-state index contributed by atoms with van der Waals surface area (Å²) in [6.45, 7) is 4.81. The maximum absolute atomic E-state index is 6.13. The summed E-state index contributed by atoms with van der Waals surface area (Å²) in [7, 11) is 0. The number of halogens is 1. The van der Waals surface area contributed by atoms with Crippen molar-refractivity contribution in [1.29, 1.82) is 0 Å². The summed E-state index contributed by atoms with van der Waals surface area (Å²) in [4.78, 5) is 2.42. The highest BCUT2D eigenvalue weighted by molar-refractivity contribution is 7.98. The molecule has 5 nitrogen and oxygen atoms in total. The van der Waals surface area contributed by atoms with Crippen molar-refractivity contribution in [3.8, 4) is 11.5 Å². The van der Waals surface area contributed by atoms with Gasteiger partial charge in [-0.2, -0.15) is 11.8 Å². The topological polar surface area (TPSA) is 51.4 Å². The molecule has 0 N–H and O–H groups in total. The van der Waals surface area contributed by atoms with E-state index in [0.29, 0.717) is 16.8 Å². The van der Waals surface area contributed by atoms with E-state index >= 15 is 0 Å². The van der Waals surface area contributed by atoms with E-state index in [-0.39, 0.29) is 0 Å². The molecule has 1 aliphatic rings. The van der Waals surface area contributed by atoms with Gasteiger partial charge in [0, 0.05) is 25.4 Å². The summed E-state index contributed by atoms with van der Waals surface area (Å²) in [5.74, 6) is 2.89. The van der Waals surface area contributed by atoms with Crippen LogP contribution in [0.4, 0.5) is 0 Å². The predicted octanol–water partition coefficient (Wildman–Crippen LogP) is 2.96. The van der Waals surface area contributed by atoms with E-state index in [1.807, 2.05) is 24.3 Å². The molecule has 2 aromatic rings. The van der Waals surface area contributed by atoms with Gasteiger partial charge in [0.1, 0.15) is 0 Å². The Hall–Kier alpha value is -1.08. The van der Waals surface area contributed by atoms with Crippen LogP contribution in [0, 0.1) is 0 Å². The average molecular weight is 340 g/mol. The third-order valence-corrected chi connectivity index (χ3v) is 4.70. The van der Waals surface area contributed by atoms with E-state index in [0.717, 1.165) is 49.9 Å². The molecule has 1 fully saturated rings. The van der Waals surface area contributed by atoms with Gasteiger partial charge in [0.25, 0.3) is 0 Å². The first-order valence-electron chi connectivity index (χ1n) is 7.28. The van der Waals surface area contributed by atoms with Gasteiger partial charge in [-0.25, -0.2) is 0 Å². The number of nitrogens with zero attached hydrogens (tertiary/aromatic N) is 3. The number of aromatic nitrogens is 2. The molecule has 22 heavy (non-hydrogen) atoms. The number of hydrogen-bond donors (Lipinski definition) is 0. The first-order chi connectivity index (χ1) is 10.8. The zero-order chi connectivity index (χ0) is 15.2. The third kappa shape index (κ3) is 4.23. The van der Waals surface area contributed by atoms with Crippen molar-refractivity contribution in [2.75, 3.05) is 38.6 Å². The molecular formula is C15H18ClN3O2S. The van der Waals surface area contributed by atoms with Gasteiger partial charge >= 0.3 is 0 Å². The minimum Gasteiger partial charge on any atom is -0.420 e. The van der Waals surface area contributed by atoms with E-state index in [2.05, 4.69) is 15.1 Å². The first kappa shape index (κ1) is 15.8. The lowest BCUT2D eigenvalue weighted by molar-refractivity contribution is 0.0410. The molecule has 118 valence electrons. The van der Waals surface area contributed by atoms with Gasteiger partial charge in [-0.05, 0) is 12.1 Å². The Morgan fingerprint density at radius 1 is 1.18 bits per heavy atom. The molecule has 0 aliphatic carbocycles. The third-order valence-electron chi connectivity index (χ3n) is 3.45. The molecule has 0 unspecified atom stereocenters. The molecule has 0 amide bonds. The van der Waals surface area contributed by atoms with Crippen LogP contribution in [0.1, 0.15) is 5.89 Å². The van der Waals surface area contributed by atoms with Crippen LogP contribution in [0.3, 0.4) is 0 Å². The summed E-state index contributed by atoms with van der Waals surface area (Å²) in [6, 6.07) is 7.48. The fourth-order valence-electron chi connectivity index (χ4n) is 2.23. The Balaban J connectivity index is 1.47. The molecule has 0 saturated carbocycles. The highest BCUT2D eigenvalue weighted by Gasteiger charge is 2.12. The summed E-state index contributed by atoms with van der Waals surface area (Å²) < 4.78 is 11.0. The average Bonchev–Trinajstić information content (AvgIpc) is 3.02. The van der Waals surface area contributed by atoms with Crippen LogP contribution in [0.2, 0.25) is 5.02 Å². The van der Waals surface area contributed by atoms with E-state index in [1.54, 1.807) is 11.8 Å². The van der Waals surface area contributed by atoms with Gasteiger partial charge in [0.05, 0.1) is 29.6 Å². The molecule has 0 radical (unpaired) electrons. The second-order valence-electron chi connectivity index (χ2n) is 4.99. The molecule has 1 aromatic heterocycles. The first-order valence-corrected chi connectivity index (χ1v) is 8.81. The Morgan fingerprint density at radius 3 is 2.82 bits per heavy atom. The van der Waals surface area contributed by atoms with E-state index < -0.39 is 0 Å². The normalized spacial score (nSPS) is 16.0. The SMILES string of the molecule is Clc1ccccc1-c1nnc(CSCCN2CCOCC2)o1. The number of ether oxygens (including phenoxy) is 1. The molecular weight excluding hydrogens is 322 g/mol. The van der Waals surface area contributed by atoms with Gasteiger partial charge in [0.15, 0.2) is 0 Å². The molecule has 7 heteroatoms. The Kier molecular flexibility index (Phi) is 5.72. The monoisotopic (exact) mass is 339 g/mol. The lowest BCUT2D eigenvalue weighted by Crippen LogP contribution is -2.37. The number of morpholine rings is 1. The number of benzene rings is 1. The van der Waals surface area contributed by atoms with Crippen molar-refractivity contribution in [3.63, 3.8) is 0 Å². The van der Waals surface area contributed by atoms with Gasteiger partial charge in [0.2, 0.25) is 11.8 Å². The molecule has 0 atom stereocenters. The lowest BCUT2D eigenvalue weighted by atomic mass is 10.2. The molecule has 3 rings (SSSR count). The highest BCUT2D eigenvalue weighted by Crippen LogP contribution is 2.26. The second kappa shape index (κ2) is 7.97. The van der Waals surface area contributed by atoms with Crippen LogP contribution in [-0.4, -0.2) is 53.7 Å². The van der Waals surface area contributed by atoms with E-state index in [9.17, 15) is 0 Å². The zero-order valence-corrected chi connectivity index (χ0v) is 13.8. The van der Waals surface area contributed by atoms with Crippen LogP contribution in [0.25, 0.3) is 11.5 Å². The van der Waals surface area contributed by atoms with Crippen LogP contribution in [0.15, 0.2) is 28.7 Å². The second-order valence-corrected chi connectivity index (χ2v) is 6.50. The van der Waals surface area contributed by atoms with Crippen LogP contribution >= 0.6 is 23.4 Å². The Labute approximate surface area is 139 Å². The van der Waals surface area contributed by atoms with Crippen molar-refractivity contribution in [2.45, 2.75) is 5.75 Å². The van der Waals surface area contributed by atoms with Gasteiger partial charge < -0.3 is 9.15 Å². The zero-order valence-electron chi connectivity index (χ0n) is 12.2. The lowest BCUT2D eigenvalue weighted by Gasteiger charge is -2.26. The standard InChI is InChI=1S/C15H18ClN3O2S/c16-13-4-2-1-3-12(13)15-18-17-14(21-15)11-22-10-7-19-5-8-20-9-6-19/h1-4H,5-11H2. The minimum absolute atomic E-state index is 0.481. The Bertz CT molecular complexity index is 602. The molecule has 0 bridgehead atoms. The molecule has 1 aliphatic heterocycles. The van der Waals surface area contributed by atoms with Crippen molar-refractivity contribution < 1.29 is 9.15 Å². The Morgan fingerprint density at radius 2 is 2.00 bits per heavy atom. The highest BCUT2D eigenvalue weighted by atomic mass is 35.5. The minimum atomic E-state index is 0.481. The smallest absolute Gasteiger partial charge is 0.249 e. The summed E-state index contributed by atoms with van der Waals surface area (Å²) in [6.07, 6.45) is 0. The van der Waals surface area contributed by atoms with Crippen LogP contribution in [0.5, 0.6) is 0 Å². The van der Waals surface area contributed by atoms with Gasteiger partial charge in [-0.15, -0.1) is 10.2 Å². The maximum atomic E-state index is 6.13. The molecule has 1 saturated heterocycles. The fraction of sp³-hybridized carbons (Fsp3) is 0.467. The van der Waals surface area contributed by atoms with Crippen LogP contribution in [-0.2, 0) is 10.5 Å². The molecule has 2 heterocycles. The number of hydrogen-bond acceptors (Lipinski definition) is 6. The van der Waals surface area contributed by atoms with Gasteiger partial charge in [-0.1, -0.05) is 23.7 Å². The largest absolute Gasteiger partial charge is 0.420 e. The number of thioether (sulfide) groups is 1. The summed E-state index contributed by atoms with van der Waals surface area (Å²) >= 11 is 7.93. The van der Waals surface area contributed by atoms with Crippen molar-refractivity contribution in [2.24, 2.45) is 0 Å². The quantitative estimate of drug-likeness (QED) is 0.754. The predicted molar refractivity (Wildman–Crippen MR) is 88.2 cm³/mol. The fourth-order valence-corrected chi connectivity index (χ4v) is 3.27. The van der Waals surface area contributed by atoms with Crippen molar-refractivity contribution >= 4 is 23.4 Å². The maximum Gasteiger partial charge on any atom is 0.249 e. The summed E-state index contributed by atoms with van der Waals surface area (Å²) in [5.41, 5.74) is 0.779. The van der Waals surface area contributed by atoms with Crippen molar-refractivity contribution in [3.05, 3.63) is 35.2 Å². The van der Waals surface area contributed by atoms with E-state index in [4.69, 9.17) is 20.8 Å². The molecule has 0 spiro atoms. The number of rotatable bonds is 6. The van der Waals surface area contributed by atoms with Crippen molar-refractivity contribution in [1.82, 2.24) is 15.1 Å². The molecule has 1 aromatic carbocycles.